The molecule has 1 unspecified atom stereocenters. The third kappa shape index (κ3) is 2.02. The maximum atomic E-state index is 4.92. The summed E-state index contributed by atoms with van der Waals surface area (Å²) in [5.41, 5.74) is 1.52. The van der Waals surface area contributed by atoms with Crippen molar-refractivity contribution in [2.24, 2.45) is 0 Å². The van der Waals surface area contributed by atoms with Gasteiger partial charge in [0.1, 0.15) is 16.5 Å². The predicted octanol–water partition coefficient (Wildman–Crippen LogP) is 4.18. The minimum Gasteiger partial charge on any atom is -0.372 e. The van der Waals surface area contributed by atoms with Crippen LogP contribution in [-0.4, -0.2) is 22.8 Å². The summed E-state index contributed by atoms with van der Waals surface area (Å²) in [4.78, 5) is 12.5. The summed E-state index contributed by atoms with van der Waals surface area (Å²) in [5.74, 6) is 3.35. The lowest BCUT2D eigenvalue weighted by atomic mass is 9.97. The summed E-state index contributed by atoms with van der Waals surface area (Å²) in [6.45, 7) is 0. The lowest BCUT2D eigenvalue weighted by molar-refractivity contribution is 0.700. The molecular weight excluding hydrogens is 286 g/mol. The quantitative estimate of drug-likeness (QED) is 0.903. The molecule has 2 aliphatic rings. The highest BCUT2D eigenvalue weighted by Crippen LogP contribution is 2.42. The molecule has 0 radical (unpaired) electrons. The van der Waals surface area contributed by atoms with E-state index in [-0.39, 0.29) is 0 Å². The molecule has 0 amide bonds. The lowest BCUT2D eigenvalue weighted by Gasteiger charge is -2.13. The van der Waals surface area contributed by atoms with Crippen molar-refractivity contribution in [3.05, 3.63) is 16.3 Å². The van der Waals surface area contributed by atoms with Gasteiger partial charge in [-0.05, 0) is 49.8 Å². The van der Waals surface area contributed by atoms with E-state index >= 15 is 0 Å². The van der Waals surface area contributed by atoms with Gasteiger partial charge in [0.2, 0.25) is 0 Å². The van der Waals surface area contributed by atoms with Gasteiger partial charge in [0.15, 0.2) is 0 Å². The fourth-order valence-corrected chi connectivity index (χ4v) is 5.75. The van der Waals surface area contributed by atoms with Crippen molar-refractivity contribution in [3.63, 3.8) is 0 Å². The Labute approximate surface area is 127 Å². The number of thiophene rings is 1. The van der Waals surface area contributed by atoms with Gasteiger partial charge in [-0.15, -0.1) is 11.3 Å². The van der Waals surface area contributed by atoms with E-state index in [1.165, 1.54) is 60.1 Å². The van der Waals surface area contributed by atoms with Crippen molar-refractivity contribution in [1.82, 2.24) is 9.97 Å². The van der Waals surface area contributed by atoms with Gasteiger partial charge in [-0.25, -0.2) is 9.97 Å². The molecule has 3 nitrogen and oxygen atoms in total. The largest absolute Gasteiger partial charge is 0.372 e. The Kier molecular flexibility index (Phi) is 3.34. The van der Waals surface area contributed by atoms with E-state index < -0.39 is 0 Å². The SMILES string of the molecule is CNc1nc(C2CCCS2)nc2sc3c(c12)CCCC3. The smallest absolute Gasteiger partial charge is 0.145 e. The van der Waals surface area contributed by atoms with Crippen LogP contribution in [0.1, 0.15) is 47.2 Å². The molecule has 2 aromatic rings. The van der Waals surface area contributed by atoms with Gasteiger partial charge < -0.3 is 5.32 Å². The van der Waals surface area contributed by atoms with Crippen molar-refractivity contribution in [2.45, 2.75) is 43.8 Å². The van der Waals surface area contributed by atoms with E-state index in [0.29, 0.717) is 5.25 Å². The van der Waals surface area contributed by atoms with E-state index in [0.717, 1.165) is 11.6 Å². The molecule has 1 aliphatic heterocycles. The molecule has 4 rings (SSSR count). The summed E-state index contributed by atoms with van der Waals surface area (Å²) < 4.78 is 0. The Bertz CT molecular complexity index is 644. The molecule has 3 heterocycles. The summed E-state index contributed by atoms with van der Waals surface area (Å²) >= 11 is 3.91. The standard InChI is InChI=1S/C15H19N3S2/c1-16-14-12-9-5-2-3-6-10(9)20-15(12)18-13(17-14)11-7-4-8-19-11/h11H,2-8H2,1H3,(H,16,17,18). The van der Waals surface area contributed by atoms with Gasteiger partial charge in [0.25, 0.3) is 0 Å². The highest BCUT2D eigenvalue weighted by Gasteiger charge is 2.25. The van der Waals surface area contributed by atoms with Gasteiger partial charge in [-0.2, -0.15) is 11.8 Å². The van der Waals surface area contributed by atoms with Crippen molar-refractivity contribution in [1.29, 1.82) is 0 Å². The molecule has 2 aromatic heterocycles. The minimum atomic E-state index is 0.505. The van der Waals surface area contributed by atoms with Crippen molar-refractivity contribution in [3.8, 4) is 0 Å². The topological polar surface area (TPSA) is 37.8 Å². The average molecular weight is 305 g/mol. The molecule has 1 fully saturated rings. The van der Waals surface area contributed by atoms with E-state index in [4.69, 9.17) is 9.97 Å². The van der Waals surface area contributed by atoms with Gasteiger partial charge in [0.05, 0.1) is 10.6 Å². The molecule has 0 spiro atoms. The summed E-state index contributed by atoms with van der Waals surface area (Å²) in [7, 11) is 1.99. The number of nitrogens with zero attached hydrogens (tertiary/aromatic N) is 2. The molecule has 1 atom stereocenters. The Hall–Kier alpha value is -0.810. The second-order valence-corrected chi connectivity index (χ2v) is 7.97. The maximum Gasteiger partial charge on any atom is 0.145 e. The highest BCUT2D eigenvalue weighted by molar-refractivity contribution is 7.99. The first kappa shape index (κ1) is 12.9. The van der Waals surface area contributed by atoms with Crippen LogP contribution in [0.4, 0.5) is 5.82 Å². The number of anilines is 1. The van der Waals surface area contributed by atoms with Crippen LogP contribution in [0.25, 0.3) is 10.2 Å². The van der Waals surface area contributed by atoms with Crippen molar-refractivity contribution in [2.75, 3.05) is 18.1 Å². The summed E-state index contributed by atoms with van der Waals surface area (Å²) in [6.07, 6.45) is 7.59. The first-order valence-corrected chi connectivity index (χ1v) is 9.35. The van der Waals surface area contributed by atoms with Crippen LogP contribution >= 0.6 is 23.1 Å². The number of thioether (sulfide) groups is 1. The number of aromatic nitrogens is 2. The van der Waals surface area contributed by atoms with Crippen LogP contribution in [-0.2, 0) is 12.8 Å². The Morgan fingerprint density at radius 2 is 2.05 bits per heavy atom. The lowest BCUT2D eigenvalue weighted by Crippen LogP contribution is -2.04. The van der Waals surface area contributed by atoms with Gasteiger partial charge in [-0.1, -0.05) is 0 Å². The number of fused-ring (bicyclic) bond motifs is 3. The Balaban J connectivity index is 1.89. The second kappa shape index (κ2) is 5.19. The summed E-state index contributed by atoms with van der Waals surface area (Å²) in [5, 5.41) is 5.13. The van der Waals surface area contributed by atoms with Crippen molar-refractivity contribution >= 4 is 39.1 Å². The number of aryl methyl sites for hydroxylation is 2. The molecule has 1 aliphatic carbocycles. The molecule has 0 saturated carbocycles. The number of hydrogen-bond donors (Lipinski definition) is 1. The fourth-order valence-electron chi connectivity index (χ4n) is 3.28. The average Bonchev–Trinajstić information content (AvgIpc) is 3.13. The van der Waals surface area contributed by atoms with E-state index in [1.807, 2.05) is 30.1 Å². The molecular formula is C15H19N3S2. The zero-order valence-corrected chi connectivity index (χ0v) is 13.4. The number of hydrogen-bond acceptors (Lipinski definition) is 5. The van der Waals surface area contributed by atoms with Crippen LogP contribution in [0, 0.1) is 0 Å². The van der Waals surface area contributed by atoms with E-state index in [9.17, 15) is 0 Å². The first-order valence-electron chi connectivity index (χ1n) is 7.48. The molecule has 106 valence electrons. The molecule has 1 N–H and O–H groups in total. The summed E-state index contributed by atoms with van der Waals surface area (Å²) in [6, 6.07) is 0. The van der Waals surface area contributed by atoms with Gasteiger partial charge in [0, 0.05) is 11.9 Å². The zero-order chi connectivity index (χ0) is 13.5. The molecule has 0 aromatic carbocycles. The maximum absolute atomic E-state index is 4.92. The minimum absolute atomic E-state index is 0.505. The van der Waals surface area contributed by atoms with E-state index in [1.54, 1.807) is 4.88 Å². The van der Waals surface area contributed by atoms with Gasteiger partial charge in [-0.3, -0.25) is 0 Å². The predicted molar refractivity (Wildman–Crippen MR) is 88.0 cm³/mol. The number of rotatable bonds is 2. The van der Waals surface area contributed by atoms with Crippen LogP contribution in [0.15, 0.2) is 0 Å². The monoisotopic (exact) mass is 305 g/mol. The molecule has 0 bridgehead atoms. The Morgan fingerprint density at radius 1 is 1.15 bits per heavy atom. The van der Waals surface area contributed by atoms with E-state index in [2.05, 4.69) is 5.32 Å². The highest BCUT2D eigenvalue weighted by atomic mass is 32.2. The van der Waals surface area contributed by atoms with Gasteiger partial charge >= 0.3 is 0 Å². The molecule has 5 heteroatoms. The third-order valence-electron chi connectivity index (χ3n) is 4.29. The van der Waals surface area contributed by atoms with Crippen LogP contribution in [0.2, 0.25) is 0 Å². The van der Waals surface area contributed by atoms with Crippen LogP contribution in [0.5, 0.6) is 0 Å². The van der Waals surface area contributed by atoms with Crippen LogP contribution in [0.3, 0.4) is 0 Å². The fraction of sp³-hybridized carbons (Fsp3) is 0.600. The Morgan fingerprint density at radius 3 is 2.85 bits per heavy atom. The normalized spacial score (nSPS) is 22.1. The van der Waals surface area contributed by atoms with Crippen molar-refractivity contribution < 1.29 is 0 Å². The zero-order valence-electron chi connectivity index (χ0n) is 11.7. The molecule has 1 saturated heterocycles. The van der Waals surface area contributed by atoms with Crippen LogP contribution < -0.4 is 5.32 Å². The number of nitrogens with one attached hydrogen (secondary N) is 1. The second-order valence-electron chi connectivity index (χ2n) is 5.57. The molecule has 20 heavy (non-hydrogen) atoms. The third-order valence-corrected chi connectivity index (χ3v) is 6.85. The first-order chi connectivity index (χ1) is 9.86.